The van der Waals surface area contributed by atoms with Gasteiger partial charge in [0.25, 0.3) is 0 Å². The Morgan fingerprint density at radius 3 is 1.29 bits per heavy atom. The predicted octanol–water partition coefficient (Wildman–Crippen LogP) is 7.69. The third-order valence-corrected chi connectivity index (χ3v) is 16.8. The van der Waals surface area contributed by atoms with Crippen molar-refractivity contribution in [1.82, 2.24) is 4.98 Å². The summed E-state index contributed by atoms with van der Waals surface area (Å²) in [6.07, 6.45) is 0. The number of aromatic nitrogens is 1. The van der Waals surface area contributed by atoms with E-state index in [0.717, 1.165) is 11.4 Å². The van der Waals surface area contributed by atoms with Crippen LogP contribution in [0.4, 0.5) is 0 Å². The van der Waals surface area contributed by atoms with E-state index in [1.807, 2.05) is 0 Å². The molecule has 0 amide bonds. The predicted molar refractivity (Wildman–Crippen MR) is 185 cm³/mol. The Balaban J connectivity index is 1.40. The molecule has 0 saturated carbocycles. The van der Waals surface area contributed by atoms with Crippen molar-refractivity contribution in [3.05, 3.63) is 127 Å². The molecule has 5 aromatic carbocycles. The van der Waals surface area contributed by atoms with Crippen LogP contribution < -0.4 is 20.7 Å². The summed E-state index contributed by atoms with van der Waals surface area (Å²) in [6, 6.07) is 47.2. The third-order valence-electron chi connectivity index (χ3n) is 9.64. The van der Waals surface area contributed by atoms with Gasteiger partial charge < -0.3 is 0 Å². The van der Waals surface area contributed by atoms with Crippen molar-refractivity contribution >= 4 is 36.9 Å². The first-order valence-corrected chi connectivity index (χ1v) is 20.9. The largest absolute Gasteiger partial charge is 0.248 e. The molecule has 0 bridgehead atoms. The molecule has 0 fully saturated rings. The highest BCUT2D eigenvalue weighted by Crippen LogP contribution is 2.37. The molecule has 2 aliphatic rings. The minimum atomic E-state index is -1.92. The minimum absolute atomic E-state index is 1.07. The van der Waals surface area contributed by atoms with E-state index in [-0.39, 0.29) is 0 Å². The average Bonchev–Trinajstić information content (AvgIpc) is 3.41. The van der Waals surface area contributed by atoms with Gasteiger partial charge in [-0.3, -0.25) is 0 Å². The number of rotatable bonds is 3. The Hall–Kier alpha value is -4.32. The van der Waals surface area contributed by atoms with Crippen molar-refractivity contribution in [1.29, 1.82) is 0 Å². The van der Waals surface area contributed by atoms with Gasteiger partial charge in [-0.05, 0) is 66.3 Å². The summed E-state index contributed by atoms with van der Waals surface area (Å²) in [5.74, 6) is 0. The van der Waals surface area contributed by atoms with E-state index in [2.05, 4.69) is 154 Å². The normalized spacial score (nSPS) is 15.0. The second-order valence-electron chi connectivity index (χ2n) is 12.8. The van der Waals surface area contributed by atoms with Gasteiger partial charge in [0.05, 0.1) is 11.4 Å². The number of benzene rings is 5. The van der Waals surface area contributed by atoms with E-state index in [9.17, 15) is 0 Å². The van der Waals surface area contributed by atoms with Crippen LogP contribution in [0.3, 0.4) is 0 Å². The highest BCUT2D eigenvalue weighted by atomic mass is 28.3. The fraction of sp³-hybridized carbons (Fsp3) is 0.103. The maximum atomic E-state index is 5.56. The first-order valence-electron chi connectivity index (χ1n) is 14.9. The molecule has 1 aromatic heterocycles. The Kier molecular flexibility index (Phi) is 5.50. The van der Waals surface area contributed by atoms with Crippen LogP contribution in [0.15, 0.2) is 127 Å². The van der Waals surface area contributed by atoms with Crippen LogP contribution in [-0.4, -0.2) is 21.1 Å². The van der Waals surface area contributed by atoms with Crippen LogP contribution >= 0.6 is 0 Å². The number of pyridine rings is 1. The van der Waals surface area contributed by atoms with Crippen LogP contribution in [0.25, 0.3) is 55.9 Å². The van der Waals surface area contributed by atoms with Crippen LogP contribution in [0.2, 0.25) is 26.2 Å². The smallest absolute Gasteiger partial charge is 0.114 e. The molecule has 0 aliphatic carbocycles. The van der Waals surface area contributed by atoms with Crippen molar-refractivity contribution in [2.75, 3.05) is 0 Å². The van der Waals surface area contributed by atoms with E-state index in [0.29, 0.717) is 0 Å². The summed E-state index contributed by atoms with van der Waals surface area (Å²) in [4.78, 5) is 5.56. The first-order chi connectivity index (χ1) is 20.4. The third kappa shape index (κ3) is 3.57. The first kappa shape index (κ1) is 25.4. The van der Waals surface area contributed by atoms with Crippen molar-refractivity contribution in [2.24, 2.45) is 0 Å². The number of fused-ring (bicyclic) bond motifs is 6. The zero-order valence-corrected chi connectivity index (χ0v) is 26.6. The molecule has 0 N–H and O–H groups in total. The SMILES string of the molecule is C[Si]1(C)c2ccccc2-c2cccc(-c3cc(-c4ccccc4)cc(-c4cccc5c4[Si](C)(C)c4ccccc4-5)n3)c21. The molecule has 8 rings (SSSR count). The van der Waals surface area contributed by atoms with Crippen molar-refractivity contribution in [2.45, 2.75) is 26.2 Å². The highest BCUT2D eigenvalue weighted by Gasteiger charge is 2.41. The molecular weight excluding hydrogens is 539 g/mol. The van der Waals surface area contributed by atoms with Gasteiger partial charge in [-0.25, -0.2) is 4.98 Å². The van der Waals surface area contributed by atoms with Gasteiger partial charge in [-0.15, -0.1) is 0 Å². The lowest BCUT2D eigenvalue weighted by molar-refractivity contribution is 1.33. The van der Waals surface area contributed by atoms with E-state index in [1.165, 1.54) is 65.3 Å². The molecular formula is C39H33NSi2. The zero-order valence-electron chi connectivity index (χ0n) is 24.6. The summed E-state index contributed by atoms with van der Waals surface area (Å²) < 4.78 is 0. The summed E-state index contributed by atoms with van der Waals surface area (Å²) in [5, 5.41) is 6.07. The summed E-state index contributed by atoms with van der Waals surface area (Å²) in [5.41, 5.74) is 12.7. The standard InChI is InChI=1S/C39H33NSi2/c1-41(2)36-22-10-8-16-28(36)30-18-12-20-32(38(30)41)34-24-27(26-14-6-5-7-15-26)25-35(40-34)33-21-13-19-31-29-17-9-11-23-37(29)42(3,4)39(31)33/h5-25H,1-4H3. The lowest BCUT2D eigenvalue weighted by atomic mass is 9.96. The Labute approximate surface area is 250 Å². The van der Waals surface area contributed by atoms with Gasteiger partial charge in [0.2, 0.25) is 0 Å². The molecule has 1 nitrogen and oxygen atoms in total. The Bertz CT molecular complexity index is 1910. The van der Waals surface area contributed by atoms with Gasteiger partial charge in [0.1, 0.15) is 16.1 Å². The number of hydrogen-bond donors (Lipinski definition) is 0. The topological polar surface area (TPSA) is 12.9 Å². The number of nitrogens with zero attached hydrogens (tertiary/aromatic N) is 1. The lowest BCUT2D eigenvalue weighted by Crippen LogP contribution is -2.50. The van der Waals surface area contributed by atoms with Gasteiger partial charge >= 0.3 is 0 Å². The second kappa shape index (κ2) is 9.09. The van der Waals surface area contributed by atoms with Crippen LogP contribution in [0, 0.1) is 0 Å². The van der Waals surface area contributed by atoms with E-state index in [1.54, 1.807) is 0 Å². The molecule has 3 heterocycles. The van der Waals surface area contributed by atoms with Gasteiger partial charge in [0, 0.05) is 11.1 Å². The minimum Gasteiger partial charge on any atom is -0.248 e. The van der Waals surface area contributed by atoms with Gasteiger partial charge in [-0.1, -0.05) is 141 Å². The molecule has 2 aliphatic heterocycles. The van der Waals surface area contributed by atoms with Gasteiger partial charge in [0.15, 0.2) is 0 Å². The van der Waals surface area contributed by atoms with E-state index in [4.69, 9.17) is 4.98 Å². The summed E-state index contributed by atoms with van der Waals surface area (Å²) in [7, 11) is -3.84. The fourth-order valence-electron chi connectivity index (χ4n) is 7.73. The van der Waals surface area contributed by atoms with Gasteiger partial charge in [-0.2, -0.15) is 0 Å². The quantitative estimate of drug-likeness (QED) is 0.199. The Morgan fingerprint density at radius 1 is 0.381 bits per heavy atom. The van der Waals surface area contributed by atoms with Crippen LogP contribution in [-0.2, 0) is 0 Å². The molecule has 0 atom stereocenters. The second-order valence-corrected chi connectivity index (χ2v) is 21.4. The molecule has 6 aromatic rings. The summed E-state index contributed by atoms with van der Waals surface area (Å²) >= 11 is 0. The molecule has 42 heavy (non-hydrogen) atoms. The zero-order chi connectivity index (χ0) is 28.6. The molecule has 202 valence electrons. The lowest BCUT2D eigenvalue weighted by Gasteiger charge is -2.24. The molecule has 0 radical (unpaired) electrons. The van der Waals surface area contributed by atoms with Crippen molar-refractivity contribution < 1.29 is 0 Å². The Morgan fingerprint density at radius 2 is 0.786 bits per heavy atom. The average molecular weight is 572 g/mol. The molecule has 0 saturated heterocycles. The maximum Gasteiger partial charge on any atom is 0.114 e. The van der Waals surface area contributed by atoms with Crippen LogP contribution in [0.5, 0.6) is 0 Å². The maximum absolute atomic E-state index is 5.56. The van der Waals surface area contributed by atoms with Crippen molar-refractivity contribution in [3.63, 3.8) is 0 Å². The monoisotopic (exact) mass is 571 g/mol. The molecule has 3 heteroatoms. The van der Waals surface area contributed by atoms with Crippen molar-refractivity contribution in [3.8, 4) is 55.9 Å². The van der Waals surface area contributed by atoms with Crippen LogP contribution in [0.1, 0.15) is 0 Å². The highest BCUT2D eigenvalue weighted by molar-refractivity contribution is 7.05. The fourth-order valence-corrected chi connectivity index (χ4v) is 14.6. The van der Waals surface area contributed by atoms with E-state index >= 15 is 0 Å². The van der Waals surface area contributed by atoms with E-state index < -0.39 is 16.1 Å². The number of hydrogen-bond acceptors (Lipinski definition) is 1. The molecule has 0 unspecified atom stereocenters. The molecule has 0 spiro atoms. The summed E-state index contributed by atoms with van der Waals surface area (Å²) in [6.45, 7) is 9.99.